The lowest BCUT2D eigenvalue weighted by atomic mass is 9.73. The van der Waals surface area contributed by atoms with E-state index in [4.69, 9.17) is 10.5 Å². The van der Waals surface area contributed by atoms with E-state index in [1.165, 1.54) is 13.5 Å². The van der Waals surface area contributed by atoms with E-state index >= 15 is 0 Å². The molecule has 0 unspecified atom stereocenters. The van der Waals surface area contributed by atoms with Crippen LogP contribution < -0.4 is 10.5 Å². The summed E-state index contributed by atoms with van der Waals surface area (Å²) in [5.41, 5.74) is 7.21. The minimum Gasteiger partial charge on any atom is -0.490 e. The molecule has 0 radical (unpaired) electrons. The first-order valence-corrected chi connectivity index (χ1v) is 7.57. The average molecular weight is 292 g/mol. The van der Waals surface area contributed by atoms with Gasteiger partial charge in [0.05, 0.1) is 12.0 Å². The van der Waals surface area contributed by atoms with Crippen LogP contribution in [0.5, 0.6) is 5.75 Å². The van der Waals surface area contributed by atoms with Gasteiger partial charge in [-0.05, 0) is 49.7 Å². The van der Waals surface area contributed by atoms with Gasteiger partial charge in [-0.1, -0.05) is 19.4 Å². The van der Waals surface area contributed by atoms with Crippen molar-refractivity contribution in [3.05, 3.63) is 33.9 Å². The number of hydrogen-bond acceptors (Lipinski definition) is 4. The summed E-state index contributed by atoms with van der Waals surface area (Å²) in [6.07, 6.45) is 6.20. The molecular weight excluding hydrogens is 268 g/mol. The van der Waals surface area contributed by atoms with Gasteiger partial charge in [0.2, 0.25) is 0 Å². The van der Waals surface area contributed by atoms with E-state index in [0.717, 1.165) is 37.2 Å². The number of nitrogens with two attached hydrogens (primary N) is 1. The molecule has 0 bridgehead atoms. The van der Waals surface area contributed by atoms with Gasteiger partial charge in [0.1, 0.15) is 0 Å². The molecule has 0 heterocycles. The second kappa shape index (κ2) is 6.43. The molecule has 0 amide bonds. The van der Waals surface area contributed by atoms with Crippen molar-refractivity contribution >= 4 is 5.69 Å². The second-order valence-electron chi connectivity index (χ2n) is 6.15. The summed E-state index contributed by atoms with van der Waals surface area (Å²) in [5, 5.41) is 11.1. The molecule has 1 aromatic rings. The summed E-state index contributed by atoms with van der Waals surface area (Å²) in [6, 6.07) is 5.14. The van der Waals surface area contributed by atoms with Crippen LogP contribution in [-0.2, 0) is 6.42 Å². The zero-order chi connectivity index (χ0) is 15.5. The Morgan fingerprint density at radius 2 is 2.10 bits per heavy atom. The van der Waals surface area contributed by atoms with E-state index in [-0.39, 0.29) is 11.2 Å². The van der Waals surface area contributed by atoms with Crippen molar-refractivity contribution in [3.63, 3.8) is 0 Å². The predicted octanol–water partition coefficient (Wildman–Crippen LogP) is 3.44. The average Bonchev–Trinajstić information content (AvgIpc) is 2.47. The summed E-state index contributed by atoms with van der Waals surface area (Å²) in [7, 11) is 1.44. The Morgan fingerprint density at radius 1 is 1.43 bits per heavy atom. The Bertz CT molecular complexity index is 508. The quantitative estimate of drug-likeness (QED) is 0.666. The smallest absolute Gasteiger partial charge is 0.311 e. The Morgan fingerprint density at radius 3 is 2.62 bits per heavy atom. The van der Waals surface area contributed by atoms with Crippen molar-refractivity contribution in [3.8, 4) is 5.75 Å². The summed E-state index contributed by atoms with van der Waals surface area (Å²) in [6.45, 7) is 2.22. The van der Waals surface area contributed by atoms with Gasteiger partial charge >= 0.3 is 5.69 Å². The van der Waals surface area contributed by atoms with Crippen LogP contribution in [-0.4, -0.2) is 17.6 Å². The molecule has 2 N–H and O–H groups in total. The molecule has 1 aromatic carbocycles. The molecule has 0 aliphatic heterocycles. The van der Waals surface area contributed by atoms with E-state index < -0.39 is 4.92 Å². The molecular formula is C16H24N2O3. The van der Waals surface area contributed by atoms with E-state index in [2.05, 4.69) is 6.92 Å². The van der Waals surface area contributed by atoms with Gasteiger partial charge in [0.15, 0.2) is 5.75 Å². The lowest BCUT2D eigenvalue weighted by Crippen LogP contribution is -2.45. The van der Waals surface area contributed by atoms with Crippen LogP contribution in [0, 0.1) is 16.0 Å². The van der Waals surface area contributed by atoms with Crippen molar-refractivity contribution in [2.24, 2.45) is 11.7 Å². The molecule has 5 heteroatoms. The van der Waals surface area contributed by atoms with Gasteiger partial charge in [0.25, 0.3) is 0 Å². The van der Waals surface area contributed by atoms with Gasteiger partial charge in [-0.3, -0.25) is 10.1 Å². The molecule has 21 heavy (non-hydrogen) atoms. The third-order valence-corrected chi connectivity index (χ3v) is 4.67. The minimum absolute atomic E-state index is 0.0147. The third-order valence-electron chi connectivity index (χ3n) is 4.67. The highest BCUT2D eigenvalue weighted by atomic mass is 16.6. The number of nitrogens with zero attached hydrogens (tertiary/aromatic N) is 1. The van der Waals surface area contributed by atoms with E-state index in [0.29, 0.717) is 12.2 Å². The van der Waals surface area contributed by atoms with Crippen LogP contribution >= 0.6 is 0 Å². The lowest BCUT2D eigenvalue weighted by Gasteiger charge is -2.37. The maximum atomic E-state index is 11.1. The summed E-state index contributed by atoms with van der Waals surface area (Å²) in [4.78, 5) is 10.7. The normalized spacial score (nSPS) is 25.6. The summed E-state index contributed by atoms with van der Waals surface area (Å²) >= 11 is 0. The van der Waals surface area contributed by atoms with E-state index in [1.807, 2.05) is 6.07 Å². The van der Waals surface area contributed by atoms with Gasteiger partial charge in [-0.15, -0.1) is 0 Å². The van der Waals surface area contributed by atoms with Crippen LogP contribution in [0.2, 0.25) is 0 Å². The van der Waals surface area contributed by atoms with E-state index in [1.54, 1.807) is 12.1 Å². The molecule has 0 spiro atoms. The van der Waals surface area contributed by atoms with Crippen molar-refractivity contribution in [2.45, 2.75) is 51.0 Å². The Balaban J connectivity index is 2.12. The number of benzene rings is 1. The highest BCUT2D eigenvalue weighted by Crippen LogP contribution is 2.35. The van der Waals surface area contributed by atoms with Crippen molar-refractivity contribution < 1.29 is 9.66 Å². The number of nitro groups is 1. The predicted molar refractivity (Wildman–Crippen MR) is 82.5 cm³/mol. The van der Waals surface area contributed by atoms with Crippen molar-refractivity contribution in [1.82, 2.24) is 0 Å². The van der Waals surface area contributed by atoms with Crippen molar-refractivity contribution in [1.29, 1.82) is 0 Å². The Labute approximate surface area is 125 Å². The van der Waals surface area contributed by atoms with Gasteiger partial charge in [0, 0.05) is 11.6 Å². The number of hydrogen-bond donors (Lipinski definition) is 1. The lowest BCUT2D eigenvalue weighted by molar-refractivity contribution is -0.385. The first-order valence-electron chi connectivity index (χ1n) is 7.57. The number of rotatable bonds is 5. The van der Waals surface area contributed by atoms with Crippen LogP contribution in [0.1, 0.15) is 44.6 Å². The molecule has 1 aliphatic rings. The molecule has 2 rings (SSSR count). The summed E-state index contributed by atoms with van der Waals surface area (Å²) < 4.78 is 5.03. The van der Waals surface area contributed by atoms with Gasteiger partial charge in [-0.2, -0.15) is 0 Å². The van der Waals surface area contributed by atoms with Crippen LogP contribution in [0.4, 0.5) is 5.69 Å². The molecule has 1 fully saturated rings. The molecule has 0 saturated heterocycles. The standard InChI is InChI=1S/C16H24N2O3/c1-3-12-6-8-16(17,9-7-12)11-13-4-5-15(21-2)14(10-13)18(19)20/h4-5,10,12H,3,6-9,11,17H2,1-2H3. The van der Waals surface area contributed by atoms with Gasteiger partial charge in [-0.25, -0.2) is 0 Å². The maximum absolute atomic E-state index is 11.1. The minimum atomic E-state index is -0.403. The first-order chi connectivity index (χ1) is 9.97. The van der Waals surface area contributed by atoms with Crippen molar-refractivity contribution in [2.75, 3.05) is 7.11 Å². The molecule has 0 aromatic heterocycles. The SMILES string of the molecule is CCC1CCC(N)(Cc2ccc(OC)c([N+](=O)[O-])c2)CC1. The molecule has 5 nitrogen and oxygen atoms in total. The molecule has 116 valence electrons. The first kappa shape index (κ1) is 15.8. The highest BCUT2D eigenvalue weighted by molar-refractivity contribution is 5.49. The second-order valence-corrected chi connectivity index (χ2v) is 6.15. The van der Waals surface area contributed by atoms with E-state index in [9.17, 15) is 10.1 Å². The third kappa shape index (κ3) is 3.73. The van der Waals surface area contributed by atoms with Crippen LogP contribution in [0.25, 0.3) is 0 Å². The molecule has 0 atom stereocenters. The Kier molecular flexibility index (Phi) is 4.83. The fraction of sp³-hybridized carbons (Fsp3) is 0.625. The monoisotopic (exact) mass is 292 g/mol. The zero-order valence-corrected chi connectivity index (χ0v) is 12.8. The van der Waals surface area contributed by atoms with Gasteiger partial charge < -0.3 is 10.5 Å². The zero-order valence-electron chi connectivity index (χ0n) is 12.8. The largest absolute Gasteiger partial charge is 0.490 e. The van der Waals surface area contributed by atoms with Crippen LogP contribution in [0.15, 0.2) is 18.2 Å². The molecule has 1 aliphatic carbocycles. The number of methoxy groups -OCH3 is 1. The highest BCUT2D eigenvalue weighted by Gasteiger charge is 2.31. The summed E-state index contributed by atoms with van der Waals surface area (Å²) in [5.74, 6) is 1.08. The maximum Gasteiger partial charge on any atom is 0.311 e. The van der Waals surface area contributed by atoms with Crippen LogP contribution in [0.3, 0.4) is 0 Å². The number of nitro benzene ring substituents is 1. The Hall–Kier alpha value is -1.62. The molecule has 1 saturated carbocycles. The fourth-order valence-electron chi connectivity index (χ4n) is 3.23. The number of ether oxygens (including phenoxy) is 1. The fourth-order valence-corrected chi connectivity index (χ4v) is 3.23. The topological polar surface area (TPSA) is 78.4 Å².